The summed E-state index contributed by atoms with van der Waals surface area (Å²) in [5.74, 6) is -0.183. The highest BCUT2D eigenvalue weighted by molar-refractivity contribution is 9.10. The van der Waals surface area contributed by atoms with Gasteiger partial charge in [0.05, 0.1) is 22.9 Å². The molecule has 1 saturated heterocycles. The molecule has 0 bridgehead atoms. The zero-order chi connectivity index (χ0) is 21.1. The van der Waals surface area contributed by atoms with Crippen LogP contribution in [0.3, 0.4) is 0 Å². The minimum absolute atomic E-state index is 0.0742. The van der Waals surface area contributed by atoms with Crippen molar-refractivity contribution in [2.24, 2.45) is 0 Å². The van der Waals surface area contributed by atoms with E-state index < -0.39 is 5.54 Å². The van der Waals surface area contributed by atoms with Crippen molar-refractivity contribution in [3.05, 3.63) is 79.3 Å². The van der Waals surface area contributed by atoms with E-state index >= 15 is 0 Å². The fourth-order valence-corrected chi connectivity index (χ4v) is 4.34. The Morgan fingerprint density at radius 1 is 1.10 bits per heavy atom. The van der Waals surface area contributed by atoms with Crippen LogP contribution >= 0.6 is 15.9 Å². The second-order valence-corrected chi connectivity index (χ2v) is 8.36. The average Bonchev–Trinajstić information content (AvgIpc) is 2.76. The van der Waals surface area contributed by atoms with Crippen LogP contribution in [-0.4, -0.2) is 28.9 Å². The monoisotopic (exact) mass is 471 g/mol. The van der Waals surface area contributed by atoms with Crippen molar-refractivity contribution in [1.82, 2.24) is 15.1 Å². The quantitative estimate of drug-likeness (QED) is 0.597. The number of aromatic amines is 1. The largest absolute Gasteiger partial charge is 0.381 e. The first-order valence-corrected chi connectivity index (χ1v) is 10.6. The molecule has 0 radical (unpaired) electrons. The molecule has 3 aromatic rings. The Bertz CT molecular complexity index is 1190. The van der Waals surface area contributed by atoms with Gasteiger partial charge in [-0.3, -0.25) is 19.5 Å². The number of aromatic nitrogens is 2. The van der Waals surface area contributed by atoms with Crippen LogP contribution in [-0.2, 0) is 21.6 Å². The molecule has 30 heavy (non-hydrogen) atoms. The van der Waals surface area contributed by atoms with E-state index in [9.17, 15) is 14.4 Å². The number of carbonyl (C=O) groups excluding carboxylic acids is 1. The van der Waals surface area contributed by atoms with Gasteiger partial charge in [0.25, 0.3) is 11.1 Å². The third-order valence-electron chi connectivity index (χ3n) is 5.55. The highest BCUT2D eigenvalue weighted by atomic mass is 79.9. The van der Waals surface area contributed by atoms with Gasteiger partial charge in [0, 0.05) is 24.1 Å². The van der Waals surface area contributed by atoms with Crippen LogP contribution < -0.4 is 16.4 Å². The van der Waals surface area contributed by atoms with Crippen molar-refractivity contribution in [3.63, 3.8) is 0 Å². The maximum atomic E-state index is 12.8. The van der Waals surface area contributed by atoms with E-state index in [0.29, 0.717) is 36.8 Å². The van der Waals surface area contributed by atoms with Crippen LogP contribution in [0.2, 0.25) is 0 Å². The van der Waals surface area contributed by atoms with E-state index in [1.54, 1.807) is 24.3 Å². The molecular weight excluding hydrogens is 450 g/mol. The highest BCUT2D eigenvalue weighted by Crippen LogP contribution is 2.33. The fourth-order valence-electron chi connectivity index (χ4n) is 3.94. The first kappa shape index (κ1) is 20.6. The van der Waals surface area contributed by atoms with Crippen molar-refractivity contribution < 1.29 is 9.53 Å². The molecule has 2 heterocycles. The summed E-state index contributed by atoms with van der Waals surface area (Å²) in [6.45, 7) is 1.21. The highest BCUT2D eigenvalue weighted by Gasteiger charge is 2.36. The third-order valence-corrected chi connectivity index (χ3v) is 6.04. The van der Waals surface area contributed by atoms with Gasteiger partial charge in [-0.1, -0.05) is 40.2 Å². The molecular formula is C22H22BrN3O4. The molecule has 0 atom stereocenters. The number of hydrogen-bond acceptors (Lipinski definition) is 4. The molecule has 0 aliphatic carbocycles. The summed E-state index contributed by atoms with van der Waals surface area (Å²) >= 11 is 3.50. The molecule has 0 unspecified atom stereocenters. The lowest BCUT2D eigenvalue weighted by Gasteiger charge is -2.38. The van der Waals surface area contributed by atoms with Gasteiger partial charge in [-0.25, -0.2) is 4.68 Å². The number of hydrogen-bond donors (Lipinski definition) is 2. The lowest BCUT2D eigenvalue weighted by atomic mass is 9.82. The molecule has 1 amide bonds. The fraction of sp³-hybridized carbons (Fsp3) is 0.318. The van der Waals surface area contributed by atoms with Crippen LogP contribution in [0.5, 0.6) is 0 Å². The lowest BCUT2D eigenvalue weighted by molar-refractivity contribution is -0.124. The molecule has 4 rings (SSSR count). The molecule has 1 aliphatic rings. The predicted molar refractivity (Wildman–Crippen MR) is 117 cm³/mol. The summed E-state index contributed by atoms with van der Waals surface area (Å²) in [5, 5.41) is 6.43. The third kappa shape index (κ3) is 4.11. The minimum Gasteiger partial charge on any atom is -0.381 e. The van der Waals surface area contributed by atoms with Gasteiger partial charge >= 0.3 is 0 Å². The Morgan fingerprint density at radius 3 is 2.57 bits per heavy atom. The Labute approximate surface area is 181 Å². The molecule has 156 valence electrons. The zero-order valence-electron chi connectivity index (χ0n) is 16.3. The van der Waals surface area contributed by atoms with Gasteiger partial charge in [-0.15, -0.1) is 0 Å². The second kappa shape index (κ2) is 8.57. The first-order chi connectivity index (χ1) is 14.5. The Balaban J connectivity index is 1.54. The van der Waals surface area contributed by atoms with Gasteiger partial charge in [0.2, 0.25) is 5.91 Å². The van der Waals surface area contributed by atoms with Gasteiger partial charge in [0.15, 0.2) is 0 Å². The van der Waals surface area contributed by atoms with Gasteiger partial charge in [-0.05, 0) is 42.7 Å². The lowest BCUT2D eigenvalue weighted by Crippen LogP contribution is -2.49. The van der Waals surface area contributed by atoms with Crippen LogP contribution in [0.25, 0.3) is 10.8 Å². The van der Waals surface area contributed by atoms with Crippen LogP contribution in [0.4, 0.5) is 0 Å². The number of nitrogens with zero attached hydrogens (tertiary/aromatic N) is 1. The summed E-state index contributed by atoms with van der Waals surface area (Å²) < 4.78 is 7.66. The standard InChI is InChI=1S/C22H22BrN3O4/c23-16-5-3-4-15(14-16)22(9-12-30-13-10-22)24-19(27)8-11-26-21(29)18-7-2-1-6-17(18)20(28)25-26/h1-7,14H,8-13H2,(H,24,27)(H,25,28). The van der Waals surface area contributed by atoms with Crippen LogP contribution in [0.1, 0.15) is 24.8 Å². The number of H-pyrrole nitrogens is 1. The first-order valence-electron chi connectivity index (χ1n) is 9.85. The van der Waals surface area contributed by atoms with Gasteiger partial charge < -0.3 is 10.1 Å². The van der Waals surface area contributed by atoms with E-state index in [1.165, 1.54) is 4.68 Å². The summed E-state index contributed by atoms with van der Waals surface area (Å²) in [5.41, 5.74) is -0.155. The molecule has 8 heteroatoms. The minimum atomic E-state index is -0.513. The Morgan fingerprint density at radius 2 is 1.83 bits per heavy atom. The average molecular weight is 472 g/mol. The Kier molecular flexibility index (Phi) is 5.87. The number of halogens is 1. The number of carbonyl (C=O) groups is 1. The predicted octanol–water partition coefficient (Wildman–Crippen LogP) is 2.66. The number of nitrogens with one attached hydrogen (secondary N) is 2. The van der Waals surface area contributed by atoms with E-state index in [4.69, 9.17) is 4.74 Å². The van der Waals surface area contributed by atoms with Crippen molar-refractivity contribution in [3.8, 4) is 0 Å². The topological polar surface area (TPSA) is 93.2 Å². The number of aryl methyl sites for hydroxylation is 1. The molecule has 7 nitrogen and oxygen atoms in total. The van der Waals surface area contributed by atoms with Gasteiger partial charge in [-0.2, -0.15) is 0 Å². The summed E-state index contributed by atoms with van der Waals surface area (Å²) in [6, 6.07) is 14.6. The summed E-state index contributed by atoms with van der Waals surface area (Å²) in [4.78, 5) is 37.7. The van der Waals surface area contributed by atoms with Crippen molar-refractivity contribution in [2.45, 2.75) is 31.3 Å². The zero-order valence-corrected chi connectivity index (χ0v) is 17.9. The molecule has 1 aliphatic heterocycles. The molecule has 1 aromatic heterocycles. The van der Waals surface area contributed by atoms with E-state index in [0.717, 1.165) is 10.0 Å². The van der Waals surface area contributed by atoms with Crippen molar-refractivity contribution >= 4 is 32.6 Å². The summed E-state index contributed by atoms with van der Waals surface area (Å²) in [6.07, 6.45) is 1.41. The second-order valence-electron chi connectivity index (χ2n) is 7.45. The van der Waals surface area contributed by atoms with Gasteiger partial charge in [0.1, 0.15) is 0 Å². The maximum absolute atomic E-state index is 12.8. The number of ether oxygens (including phenoxy) is 1. The van der Waals surface area contributed by atoms with Crippen molar-refractivity contribution in [2.75, 3.05) is 13.2 Å². The SMILES string of the molecule is O=C(CCn1[nH]c(=O)c2ccccc2c1=O)NC1(c2cccc(Br)c2)CCOCC1. The molecule has 0 spiro atoms. The normalized spacial score (nSPS) is 15.8. The maximum Gasteiger partial charge on any atom is 0.273 e. The van der Waals surface area contributed by atoms with Crippen molar-refractivity contribution in [1.29, 1.82) is 0 Å². The molecule has 1 fully saturated rings. The Hall–Kier alpha value is -2.71. The van der Waals surface area contributed by atoms with E-state index in [-0.39, 0.29) is 30.0 Å². The molecule has 0 saturated carbocycles. The molecule has 2 N–H and O–H groups in total. The van der Waals surface area contributed by atoms with Crippen LogP contribution in [0, 0.1) is 0 Å². The number of benzene rings is 2. The van der Waals surface area contributed by atoms with E-state index in [1.807, 2.05) is 24.3 Å². The molecule has 2 aromatic carbocycles. The van der Waals surface area contributed by atoms with E-state index in [2.05, 4.69) is 26.3 Å². The summed E-state index contributed by atoms with van der Waals surface area (Å²) in [7, 11) is 0. The number of fused-ring (bicyclic) bond motifs is 1. The van der Waals surface area contributed by atoms with Crippen LogP contribution in [0.15, 0.2) is 62.6 Å². The smallest absolute Gasteiger partial charge is 0.273 e. The number of amides is 1. The number of rotatable bonds is 5.